The number of rotatable bonds is 6. The van der Waals surface area contributed by atoms with Crippen LogP contribution in [-0.4, -0.2) is 18.6 Å². The Labute approximate surface area is 124 Å². The Morgan fingerprint density at radius 3 is 2.43 bits per heavy atom. The maximum atomic E-state index is 11.8. The van der Waals surface area contributed by atoms with Crippen molar-refractivity contribution < 1.29 is 9.53 Å². The molecular weight excluding hydrogens is 262 g/mol. The van der Waals surface area contributed by atoms with Crippen LogP contribution in [0.2, 0.25) is 0 Å². The quantitative estimate of drug-likeness (QED) is 0.827. The van der Waals surface area contributed by atoms with Crippen molar-refractivity contribution >= 4 is 5.97 Å². The van der Waals surface area contributed by atoms with E-state index < -0.39 is 0 Å². The number of carbonyl (C=O) groups is 1. The Balaban J connectivity index is 1.38. The van der Waals surface area contributed by atoms with E-state index in [9.17, 15) is 4.79 Å². The lowest BCUT2D eigenvalue weighted by atomic mass is 10.2. The van der Waals surface area contributed by atoms with E-state index in [1.54, 1.807) is 12.1 Å². The highest BCUT2D eigenvalue weighted by atomic mass is 16.5. The standard InChI is InChI=1S/C18H19NO2/c20-18(15-9-5-2-6-10-15)21-13-16-11-17(16)19-12-14-7-3-1-4-8-14/h1-10,16-17,19H,11-13H2/t16-,17+/m1/s1. The van der Waals surface area contributed by atoms with Gasteiger partial charge in [-0.25, -0.2) is 4.79 Å². The van der Waals surface area contributed by atoms with Gasteiger partial charge in [0, 0.05) is 18.5 Å². The normalized spacial score (nSPS) is 20.0. The third-order valence-corrected chi connectivity index (χ3v) is 3.77. The smallest absolute Gasteiger partial charge is 0.338 e. The molecule has 0 unspecified atom stereocenters. The Hall–Kier alpha value is -2.13. The van der Waals surface area contributed by atoms with Crippen molar-refractivity contribution in [3.8, 4) is 0 Å². The molecule has 1 saturated carbocycles. The third-order valence-electron chi connectivity index (χ3n) is 3.77. The molecule has 1 aliphatic rings. The van der Waals surface area contributed by atoms with Crippen molar-refractivity contribution in [2.45, 2.75) is 19.0 Å². The summed E-state index contributed by atoms with van der Waals surface area (Å²) in [5, 5.41) is 3.50. The molecule has 0 amide bonds. The molecule has 1 fully saturated rings. The molecule has 0 bridgehead atoms. The van der Waals surface area contributed by atoms with Crippen molar-refractivity contribution in [1.82, 2.24) is 5.32 Å². The van der Waals surface area contributed by atoms with Gasteiger partial charge in [0.25, 0.3) is 0 Å². The van der Waals surface area contributed by atoms with E-state index in [-0.39, 0.29) is 5.97 Å². The second-order valence-corrected chi connectivity index (χ2v) is 5.43. The second-order valence-electron chi connectivity index (χ2n) is 5.43. The number of ether oxygens (including phenoxy) is 1. The Morgan fingerprint density at radius 2 is 1.71 bits per heavy atom. The van der Waals surface area contributed by atoms with E-state index in [0.29, 0.717) is 24.1 Å². The summed E-state index contributed by atoms with van der Waals surface area (Å²) in [6.07, 6.45) is 1.08. The first-order valence-corrected chi connectivity index (χ1v) is 7.32. The molecular formula is C18H19NO2. The van der Waals surface area contributed by atoms with Gasteiger partial charge in [-0.3, -0.25) is 0 Å². The average Bonchev–Trinajstić information content (AvgIpc) is 3.31. The predicted octanol–water partition coefficient (Wildman–Crippen LogP) is 3.02. The van der Waals surface area contributed by atoms with Gasteiger partial charge in [0.15, 0.2) is 0 Å². The van der Waals surface area contributed by atoms with Gasteiger partial charge in [-0.05, 0) is 24.1 Å². The first-order valence-electron chi connectivity index (χ1n) is 7.32. The van der Waals surface area contributed by atoms with Crippen LogP contribution >= 0.6 is 0 Å². The molecule has 0 saturated heterocycles. The van der Waals surface area contributed by atoms with Crippen molar-refractivity contribution in [3.63, 3.8) is 0 Å². The molecule has 1 aliphatic carbocycles. The summed E-state index contributed by atoms with van der Waals surface area (Å²) in [7, 11) is 0. The molecule has 3 nitrogen and oxygen atoms in total. The molecule has 3 heteroatoms. The van der Waals surface area contributed by atoms with Crippen molar-refractivity contribution in [3.05, 3.63) is 71.8 Å². The van der Waals surface area contributed by atoms with E-state index in [1.807, 2.05) is 36.4 Å². The van der Waals surface area contributed by atoms with Gasteiger partial charge < -0.3 is 10.1 Å². The summed E-state index contributed by atoms with van der Waals surface area (Å²) in [6, 6.07) is 19.9. The zero-order valence-corrected chi connectivity index (χ0v) is 11.9. The number of carbonyl (C=O) groups excluding carboxylic acids is 1. The Kier molecular flexibility index (Phi) is 4.31. The second kappa shape index (κ2) is 6.55. The van der Waals surface area contributed by atoms with Crippen LogP contribution in [0.15, 0.2) is 60.7 Å². The predicted molar refractivity (Wildman–Crippen MR) is 81.9 cm³/mol. The minimum atomic E-state index is -0.232. The summed E-state index contributed by atoms with van der Waals surface area (Å²) in [5.41, 5.74) is 1.90. The molecule has 0 radical (unpaired) electrons. The van der Waals surface area contributed by atoms with Crippen LogP contribution in [0.4, 0.5) is 0 Å². The molecule has 2 aromatic carbocycles. The highest BCUT2D eigenvalue weighted by Crippen LogP contribution is 2.31. The zero-order chi connectivity index (χ0) is 14.5. The molecule has 0 aliphatic heterocycles. The summed E-state index contributed by atoms with van der Waals surface area (Å²) >= 11 is 0. The molecule has 3 rings (SSSR count). The molecule has 108 valence electrons. The van der Waals surface area contributed by atoms with Crippen molar-refractivity contribution in [2.24, 2.45) is 5.92 Å². The largest absolute Gasteiger partial charge is 0.462 e. The van der Waals surface area contributed by atoms with E-state index >= 15 is 0 Å². The number of hydrogen-bond acceptors (Lipinski definition) is 3. The van der Waals surface area contributed by atoms with Crippen molar-refractivity contribution in [2.75, 3.05) is 6.61 Å². The van der Waals surface area contributed by atoms with Crippen LogP contribution in [0.5, 0.6) is 0 Å². The van der Waals surface area contributed by atoms with Gasteiger partial charge in [-0.1, -0.05) is 48.5 Å². The fourth-order valence-corrected chi connectivity index (χ4v) is 2.37. The monoisotopic (exact) mass is 281 g/mol. The molecule has 0 spiro atoms. The summed E-state index contributed by atoms with van der Waals surface area (Å²) in [6.45, 7) is 1.37. The highest BCUT2D eigenvalue weighted by Gasteiger charge is 2.37. The highest BCUT2D eigenvalue weighted by molar-refractivity contribution is 5.89. The maximum absolute atomic E-state index is 11.8. The Bertz CT molecular complexity index is 583. The fourth-order valence-electron chi connectivity index (χ4n) is 2.37. The van der Waals surface area contributed by atoms with Crippen LogP contribution in [-0.2, 0) is 11.3 Å². The summed E-state index contributed by atoms with van der Waals surface area (Å²) in [5.74, 6) is 0.214. The minimum absolute atomic E-state index is 0.232. The lowest BCUT2D eigenvalue weighted by Crippen LogP contribution is -2.19. The summed E-state index contributed by atoms with van der Waals surface area (Å²) < 4.78 is 5.36. The Morgan fingerprint density at radius 1 is 1.05 bits per heavy atom. The molecule has 2 aromatic rings. The van der Waals surface area contributed by atoms with Crippen LogP contribution in [0, 0.1) is 5.92 Å². The number of benzene rings is 2. The van der Waals surface area contributed by atoms with Gasteiger partial charge in [-0.15, -0.1) is 0 Å². The number of hydrogen-bond donors (Lipinski definition) is 1. The third kappa shape index (κ3) is 3.92. The van der Waals surface area contributed by atoms with Gasteiger partial charge in [0.05, 0.1) is 12.2 Å². The first-order chi connectivity index (χ1) is 10.3. The van der Waals surface area contributed by atoms with Crippen molar-refractivity contribution in [1.29, 1.82) is 0 Å². The van der Waals surface area contributed by atoms with E-state index in [0.717, 1.165) is 13.0 Å². The van der Waals surface area contributed by atoms with Crippen LogP contribution < -0.4 is 5.32 Å². The van der Waals surface area contributed by atoms with Crippen LogP contribution in [0.3, 0.4) is 0 Å². The molecule has 0 aromatic heterocycles. The minimum Gasteiger partial charge on any atom is -0.462 e. The first kappa shape index (κ1) is 13.8. The van der Waals surface area contributed by atoms with Crippen LogP contribution in [0.25, 0.3) is 0 Å². The zero-order valence-electron chi connectivity index (χ0n) is 11.9. The van der Waals surface area contributed by atoms with Gasteiger partial charge >= 0.3 is 5.97 Å². The van der Waals surface area contributed by atoms with Gasteiger partial charge in [0.1, 0.15) is 0 Å². The molecule has 0 heterocycles. The SMILES string of the molecule is O=C(OC[C@H]1C[C@@H]1NCc1ccccc1)c1ccccc1. The van der Waals surface area contributed by atoms with Crippen LogP contribution in [0.1, 0.15) is 22.3 Å². The van der Waals surface area contributed by atoms with Gasteiger partial charge in [-0.2, -0.15) is 0 Å². The number of esters is 1. The maximum Gasteiger partial charge on any atom is 0.338 e. The van der Waals surface area contributed by atoms with E-state index in [4.69, 9.17) is 4.74 Å². The lowest BCUT2D eigenvalue weighted by molar-refractivity contribution is 0.0482. The molecule has 21 heavy (non-hydrogen) atoms. The molecule has 2 atom stereocenters. The van der Waals surface area contributed by atoms with E-state index in [2.05, 4.69) is 17.4 Å². The number of nitrogens with one attached hydrogen (secondary N) is 1. The lowest BCUT2D eigenvalue weighted by Gasteiger charge is -2.06. The summed E-state index contributed by atoms with van der Waals surface area (Å²) in [4.78, 5) is 11.8. The van der Waals surface area contributed by atoms with Gasteiger partial charge in [0.2, 0.25) is 0 Å². The average molecular weight is 281 g/mol. The topological polar surface area (TPSA) is 38.3 Å². The molecule has 1 N–H and O–H groups in total. The fraction of sp³-hybridized carbons (Fsp3) is 0.278. The van der Waals surface area contributed by atoms with E-state index in [1.165, 1.54) is 5.56 Å².